The van der Waals surface area contributed by atoms with E-state index in [4.69, 9.17) is 0 Å². The molecule has 1 saturated heterocycles. The summed E-state index contributed by atoms with van der Waals surface area (Å²) in [4.78, 5) is 24.2. The Morgan fingerprint density at radius 2 is 2.16 bits per heavy atom. The normalized spacial score (nSPS) is 31.0. The number of carbonyl (C=O) groups is 2. The molecular weight excluding hydrogens is 312 g/mol. The van der Waals surface area contributed by atoms with Crippen molar-refractivity contribution in [2.24, 2.45) is 11.3 Å². The quantitative estimate of drug-likeness (QED) is 0.586. The van der Waals surface area contributed by atoms with E-state index in [0.717, 1.165) is 37.7 Å². The molecule has 4 nitrogen and oxygen atoms in total. The van der Waals surface area contributed by atoms with Gasteiger partial charge >= 0.3 is 0 Å². The van der Waals surface area contributed by atoms with Crippen molar-refractivity contribution in [3.05, 3.63) is 23.3 Å². The van der Waals surface area contributed by atoms with E-state index in [-0.39, 0.29) is 23.3 Å². The molecule has 1 aliphatic carbocycles. The number of allylic oxidation sites excluding steroid dienone is 3. The zero-order valence-electron chi connectivity index (χ0n) is 16.3. The molecule has 25 heavy (non-hydrogen) atoms. The van der Waals surface area contributed by atoms with E-state index < -0.39 is 0 Å². The van der Waals surface area contributed by atoms with Crippen LogP contribution in [0.25, 0.3) is 0 Å². The number of carbonyl (C=O) groups excluding carboxylic acids is 2. The minimum Gasteiger partial charge on any atom is -0.354 e. The van der Waals surface area contributed by atoms with Crippen molar-refractivity contribution < 1.29 is 9.59 Å². The largest absolute Gasteiger partial charge is 0.354 e. The first-order valence-corrected chi connectivity index (χ1v) is 9.75. The highest BCUT2D eigenvalue weighted by atomic mass is 16.2. The van der Waals surface area contributed by atoms with Crippen molar-refractivity contribution in [3.8, 4) is 0 Å². The third-order valence-electron chi connectivity index (χ3n) is 6.31. The van der Waals surface area contributed by atoms with E-state index >= 15 is 0 Å². The van der Waals surface area contributed by atoms with E-state index in [0.29, 0.717) is 12.5 Å². The molecule has 0 aromatic carbocycles. The fourth-order valence-electron chi connectivity index (χ4n) is 3.98. The molecule has 0 radical (unpaired) electrons. The van der Waals surface area contributed by atoms with Crippen LogP contribution in [0.5, 0.6) is 0 Å². The van der Waals surface area contributed by atoms with Gasteiger partial charge in [0.1, 0.15) is 6.04 Å². The second-order valence-corrected chi connectivity index (χ2v) is 8.12. The average Bonchev–Trinajstić information content (AvgIpc) is 2.76. The van der Waals surface area contributed by atoms with Gasteiger partial charge < -0.3 is 10.6 Å². The molecule has 4 heteroatoms. The Hall–Kier alpha value is -1.58. The summed E-state index contributed by atoms with van der Waals surface area (Å²) in [7, 11) is 0. The molecule has 2 rings (SSSR count). The molecule has 2 N–H and O–H groups in total. The van der Waals surface area contributed by atoms with Crippen molar-refractivity contribution in [2.45, 2.75) is 78.7 Å². The van der Waals surface area contributed by atoms with Gasteiger partial charge in [-0.25, -0.2) is 0 Å². The molecule has 140 valence electrons. The fraction of sp³-hybridized carbons (Fsp3) is 0.714. The zero-order valence-corrected chi connectivity index (χ0v) is 16.3. The number of hydrogen-bond acceptors (Lipinski definition) is 2. The van der Waals surface area contributed by atoms with Gasteiger partial charge in [-0.1, -0.05) is 31.1 Å². The lowest BCUT2D eigenvalue weighted by atomic mass is 9.65. The predicted molar refractivity (Wildman–Crippen MR) is 102 cm³/mol. The topological polar surface area (TPSA) is 58.2 Å². The number of amides is 2. The van der Waals surface area contributed by atoms with Gasteiger partial charge in [0.05, 0.1) is 0 Å². The number of nitrogens with one attached hydrogen (secondary N) is 2. The molecule has 2 amide bonds. The molecule has 3 atom stereocenters. The lowest BCUT2D eigenvalue weighted by molar-refractivity contribution is -0.126. The maximum atomic E-state index is 12.3. The summed E-state index contributed by atoms with van der Waals surface area (Å²) < 4.78 is 0. The summed E-state index contributed by atoms with van der Waals surface area (Å²) in [5, 5.41) is 5.72. The first-order valence-electron chi connectivity index (χ1n) is 9.75. The maximum Gasteiger partial charge on any atom is 0.244 e. The van der Waals surface area contributed by atoms with Crippen molar-refractivity contribution in [2.75, 3.05) is 6.54 Å². The van der Waals surface area contributed by atoms with Crippen LogP contribution >= 0.6 is 0 Å². The fourth-order valence-corrected chi connectivity index (χ4v) is 3.98. The standard InChI is InChI=1S/C21H34N2O2/c1-15(11-12-21(4)16(2)8-7-9-17(21)3)14-19(24)23-18-10-5-6-13-22-20(18)25/h8,14,17-18H,5-7,9-13H2,1-4H3,(H,22,25)(H,23,24)/b15-14+/t17-,18-,21-/m1/s1. The molecule has 2 aliphatic rings. The van der Waals surface area contributed by atoms with E-state index in [1.165, 1.54) is 18.4 Å². The molecule has 1 heterocycles. The van der Waals surface area contributed by atoms with Crippen LogP contribution < -0.4 is 10.6 Å². The maximum absolute atomic E-state index is 12.3. The Morgan fingerprint density at radius 3 is 2.88 bits per heavy atom. The van der Waals surface area contributed by atoms with E-state index in [9.17, 15) is 9.59 Å². The predicted octanol–water partition coefficient (Wildman–Crippen LogP) is 3.88. The molecule has 1 aliphatic heterocycles. The van der Waals surface area contributed by atoms with Crippen LogP contribution in [0.15, 0.2) is 23.3 Å². The highest BCUT2D eigenvalue weighted by Gasteiger charge is 2.34. The molecule has 0 unspecified atom stereocenters. The average molecular weight is 347 g/mol. The monoisotopic (exact) mass is 346 g/mol. The van der Waals surface area contributed by atoms with Crippen LogP contribution in [0.4, 0.5) is 0 Å². The minimum absolute atomic E-state index is 0.0544. The summed E-state index contributed by atoms with van der Waals surface area (Å²) in [5.41, 5.74) is 2.79. The van der Waals surface area contributed by atoms with E-state index in [1.54, 1.807) is 6.08 Å². The molecule has 0 spiro atoms. The minimum atomic E-state index is -0.389. The number of rotatable bonds is 5. The Balaban J connectivity index is 1.90. The molecule has 0 aromatic rings. The van der Waals surface area contributed by atoms with Crippen LogP contribution in [0.2, 0.25) is 0 Å². The van der Waals surface area contributed by atoms with Gasteiger partial charge in [0, 0.05) is 12.6 Å². The highest BCUT2D eigenvalue weighted by molar-refractivity contribution is 5.93. The van der Waals surface area contributed by atoms with Gasteiger partial charge in [0.2, 0.25) is 11.8 Å². The van der Waals surface area contributed by atoms with Gasteiger partial charge in [0.25, 0.3) is 0 Å². The molecule has 1 fully saturated rings. The number of hydrogen-bond donors (Lipinski definition) is 2. The van der Waals surface area contributed by atoms with E-state index in [2.05, 4.69) is 37.5 Å². The summed E-state index contributed by atoms with van der Waals surface area (Å²) in [6.07, 6.45) is 11.1. The second-order valence-electron chi connectivity index (χ2n) is 8.12. The van der Waals surface area contributed by atoms with Crippen LogP contribution in [-0.2, 0) is 9.59 Å². The third kappa shape index (κ3) is 5.20. The molecule has 0 aromatic heterocycles. The smallest absolute Gasteiger partial charge is 0.244 e. The zero-order chi connectivity index (χ0) is 18.4. The van der Waals surface area contributed by atoms with Gasteiger partial charge in [-0.3, -0.25) is 9.59 Å². The van der Waals surface area contributed by atoms with Gasteiger partial charge in [-0.05, 0) is 70.1 Å². The SMILES string of the molecule is CC1=CCC[C@@H](C)[C@]1(C)CC/C(C)=C/C(=O)N[C@@H]1CCCCNC1=O. The van der Waals surface area contributed by atoms with Gasteiger partial charge in [0.15, 0.2) is 0 Å². The first-order chi connectivity index (χ1) is 11.8. The highest BCUT2D eigenvalue weighted by Crippen LogP contribution is 2.45. The summed E-state index contributed by atoms with van der Waals surface area (Å²) >= 11 is 0. The van der Waals surface area contributed by atoms with Gasteiger partial charge in [-0.15, -0.1) is 0 Å². The van der Waals surface area contributed by atoms with Crippen LogP contribution in [0.1, 0.15) is 72.6 Å². The molecule has 0 bridgehead atoms. The van der Waals surface area contributed by atoms with Crippen molar-refractivity contribution >= 4 is 11.8 Å². The second kappa shape index (κ2) is 8.68. The summed E-state index contributed by atoms with van der Waals surface area (Å²) in [5.74, 6) is 0.476. The summed E-state index contributed by atoms with van der Waals surface area (Å²) in [6.45, 7) is 9.66. The lowest BCUT2D eigenvalue weighted by Gasteiger charge is -2.40. The third-order valence-corrected chi connectivity index (χ3v) is 6.31. The Bertz CT molecular complexity index is 564. The van der Waals surface area contributed by atoms with E-state index in [1.807, 2.05) is 6.92 Å². The van der Waals surface area contributed by atoms with Crippen molar-refractivity contribution in [3.63, 3.8) is 0 Å². The lowest BCUT2D eigenvalue weighted by Crippen LogP contribution is -2.45. The van der Waals surface area contributed by atoms with Crippen LogP contribution in [-0.4, -0.2) is 24.4 Å². The molecular formula is C21H34N2O2. The summed E-state index contributed by atoms with van der Waals surface area (Å²) in [6, 6.07) is -0.389. The Kier molecular flexibility index (Phi) is 6.86. The Morgan fingerprint density at radius 1 is 1.40 bits per heavy atom. The molecule has 0 saturated carbocycles. The van der Waals surface area contributed by atoms with Crippen LogP contribution in [0, 0.1) is 11.3 Å². The first kappa shape index (κ1) is 19.7. The Labute approximate surface area is 152 Å². The van der Waals surface area contributed by atoms with Crippen molar-refractivity contribution in [1.82, 2.24) is 10.6 Å². The van der Waals surface area contributed by atoms with Gasteiger partial charge in [-0.2, -0.15) is 0 Å². The van der Waals surface area contributed by atoms with Crippen LogP contribution in [0.3, 0.4) is 0 Å². The van der Waals surface area contributed by atoms with Crippen molar-refractivity contribution in [1.29, 1.82) is 0 Å².